The lowest BCUT2D eigenvalue weighted by Gasteiger charge is -2.35. The van der Waals surface area contributed by atoms with Crippen molar-refractivity contribution in [3.63, 3.8) is 0 Å². The first kappa shape index (κ1) is 36.6. The second kappa shape index (κ2) is 15.7. The smallest absolute Gasteiger partial charge is 0.259 e. The number of benzene rings is 2. The molecule has 278 valence electrons. The van der Waals surface area contributed by atoms with Gasteiger partial charge in [0.25, 0.3) is 5.91 Å². The first-order valence-corrected chi connectivity index (χ1v) is 20.7. The van der Waals surface area contributed by atoms with E-state index in [-0.39, 0.29) is 31.2 Å². The molecule has 1 saturated heterocycles. The molecule has 2 aromatic rings. The molecule has 0 spiro atoms. The first-order chi connectivity index (χ1) is 25.2. The van der Waals surface area contributed by atoms with Gasteiger partial charge in [-0.2, -0.15) is 0 Å². The van der Waals surface area contributed by atoms with Crippen LogP contribution in [0.3, 0.4) is 0 Å². The van der Waals surface area contributed by atoms with Crippen LogP contribution in [0.5, 0.6) is 0 Å². The minimum absolute atomic E-state index is 0.112. The van der Waals surface area contributed by atoms with Gasteiger partial charge in [0.05, 0.1) is 24.0 Å². The van der Waals surface area contributed by atoms with Gasteiger partial charge in [-0.15, -0.1) is 6.58 Å². The summed E-state index contributed by atoms with van der Waals surface area (Å²) < 4.78 is 34.1. The highest BCUT2D eigenvalue weighted by atomic mass is 32.2. The molecular formula is C41H52N4O6S. The standard InChI is InChI=1S/C41H52N4O6S/c1-2-33-25-41(33,40(48)44-52(49,50)35-19-20-35)43-38(46)36-24-34-26-45(36)39(47)37(30-15-7-5-8-16-30)42-21-9-4-3-6-12-28-13-10-17-31(22-28)32-18-11-14-29(23-32)27-51-34/h2,6,10-14,17-18,22-23,30,33-37,42H,1,3-5,7-9,15-16,19-21,24-27H2,(H,43,46)(H,44,48)/b12-6-/t33-,34?,36-,37-,41+/m0/s1. The average Bonchev–Trinajstić information content (AvgIpc) is 4.08. The minimum atomic E-state index is -3.82. The number of ether oxygens (including phenoxy) is 1. The fourth-order valence-corrected chi connectivity index (χ4v) is 9.64. The third-order valence-corrected chi connectivity index (χ3v) is 13.4. The summed E-state index contributed by atoms with van der Waals surface area (Å²) in [5.74, 6) is -1.58. The van der Waals surface area contributed by atoms with Crippen molar-refractivity contribution in [2.24, 2.45) is 11.8 Å². The number of nitrogens with zero attached hydrogens (tertiary/aromatic N) is 1. The number of hydrogen-bond donors (Lipinski definition) is 3. The molecule has 2 heterocycles. The van der Waals surface area contributed by atoms with E-state index in [4.69, 9.17) is 4.74 Å². The van der Waals surface area contributed by atoms with Gasteiger partial charge in [-0.3, -0.25) is 19.1 Å². The van der Waals surface area contributed by atoms with Gasteiger partial charge >= 0.3 is 0 Å². The van der Waals surface area contributed by atoms with Crippen molar-refractivity contribution in [1.29, 1.82) is 0 Å². The van der Waals surface area contributed by atoms with Crippen LogP contribution in [0.25, 0.3) is 17.2 Å². The second-order valence-electron chi connectivity index (χ2n) is 15.4. The fourth-order valence-electron chi connectivity index (χ4n) is 8.27. The van der Waals surface area contributed by atoms with Crippen molar-refractivity contribution in [3.8, 4) is 11.1 Å². The molecule has 11 heteroatoms. The average molecular weight is 729 g/mol. The lowest BCUT2D eigenvalue weighted by atomic mass is 9.83. The predicted molar refractivity (Wildman–Crippen MR) is 201 cm³/mol. The lowest BCUT2D eigenvalue weighted by Crippen LogP contribution is -2.59. The molecule has 2 aromatic carbocycles. The van der Waals surface area contributed by atoms with Crippen LogP contribution < -0.4 is 15.4 Å². The molecule has 6 bridgehead atoms. The topological polar surface area (TPSA) is 134 Å². The van der Waals surface area contributed by atoms with Gasteiger partial charge < -0.3 is 20.3 Å². The molecule has 10 nitrogen and oxygen atoms in total. The van der Waals surface area contributed by atoms with Gasteiger partial charge in [0, 0.05) is 18.9 Å². The number of amides is 3. The zero-order valence-corrected chi connectivity index (χ0v) is 30.8. The van der Waals surface area contributed by atoms with Crippen LogP contribution in [0, 0.1) is 11.8 Å². The maximum atomic E-state index is 14.7. The number of rotatable bonds is 7. The molecule has 3 amide bonds. The first-order valence-electron chi connectivity index (χ1n) is 19.2. The molecule has 52 heavy (non-hydrogen) atoms. The third-order valence-electron chi connectivity index (χ3n) is 11.6. The van der Waals surface area contributed by atoms with Crippen LogP contribution in [0.15, 0.2) is 67.3 Å². The second-order valence-corrected chi connectivity index (χ2v) is 17.4. The van der Waals surface area contributed by atoms with Gasteiger partial charge in [0.2, 0.25) is 21.8 Å². The van der Waals surface area contributed by atoms with E-state index < -0.39 is 56.7 Å². The molecule has 2 aliphatic heterocycles. The monoisotopic (exact) mass is 728 g/mol. The normalized spacial score (nSPS) is 29.5. The Hall–Kier alpha value is -3.80. The van der Waals surface area contributed by atoms with E-state index in [0.717, 1.165) is 73.6 Å². The number of fused-ring (bicyclic) bond motifs is 7. The van der Waals surface area contributed by atoms with E-state index >= 15 is 0 Å². The van der Waals surface area contributed by atoms with E-state index in [1.807, 2.05) is 12.1 Å². The summed E-state index contributed by atoms with van der Waals surface area (Å²) in [6.45, 7) is 5.07. The number of carbonyl (C=O) groups is 3. The lowest BCUT2D eigenvalue weighted by molar-refractivity contribution is -0.142. The SMILES string of the molecule is C=C[C@H]1C[C@]1(NC(=O)[C@@H]1CC2CN1C(=O)[C@H](C1CCCCC1)NCCCC/C=C\c1cccc(c1)-c1cccc(c1)CO2)C(=O)NS(=O)(=O)C1CC1. The van der Waals surface area contributed by atoms with Gasteiger partial charge in [-0.05, 0) is 98.2 Å². The van der Waals surface area contributed by atoms with Gasteiger partial charge in [-0.1, -0.05) is 73.9 Å². The van der Waals surface area contributed by atoms with Gasteiger partial charge in [0.1, 0.15) is 11.6 Å². The molecule has 3 saturated carbocycles. The Bertz CT molecular complexity index is 1800. The summed E-state index contributed by atoms with van der Waals surface area (Å²) in [7, 11) is -3.82. The van der Waals surface area contributed by atoms with Crippen molar-refractivity contribution >= 4 is 33.8 Å². The highest BCUT2D eigenvalue weighted by molar-refractivity contribution is 7.91. The fraction of sp³-hybridized carbons (Fsp3) is 0.537. The Morgan fingerprint density at radius 3 is 2.50 bits per heavy atom. The number of nitrogens with one attached hydrogen (secondary N) is 3. The summed E-state index contributed by atoms with van der Waals surface area (Å²) >= 11 is 0. The van der Waals surface area contributed by atoms with Crippen molar-refractivity contribution in [2.45, 2.75) is 113 Å². The number of sulfonamides is 1. The predicted octanol–water partition coefficient (Wildman–Crippen LogP) is 5.24. The Labute approximate surface area is 307 Å². The molecule has 0 aromatic heterocycles. The maximum absolute atomic E-state index is 14.7. The Kier molecular flexibility index (Phi) is 11.0. The van der Waals surface area contributed by atoms with Gasteiger partial charge in [-0.25, -0.2) is 8.42 Å². The van der Waals surface area contributed by atoms with Crippen LogP contribution >= 0.6 is 0 Å². The number of hydrogen-bond acceptors (Lipinski definition) is 7. The quantitative estimate of drug-likeness (QED) is 0.332. The van der Waals surface area contributed by atoms with Gasteiger partial charge in [0.15, 0.2) is 0 Å². The van der Waals surface area contributed by atoms with Crippen LogP contribution in [-0.4, -0.2) is 73.1 Å². The number of allylic oxidation sites excluding steroid dienone is 1. The molecule has 3 N–H and O–H groups in total. The summed E-state index contributed by atoms with van der Waals surface area (Å²) in [4.78, 5) is 44.1. The highest BCUT2D eigenvalue weighted by Crippen LogP contribution is 2.45. The molecule has 0 radical (unpaired) electrons. The van der Waals surface area contributed by atoms with Crippen LogP contribution in [-0.2, 0) is 35.8 Å². The molecule has 4 fully saturated rings. The Morgan fingerprint density at radius 1 is 0.981 bits per heavy atom. The van der Waals surface area contributed by atoms with Crippen LogP contribution in [0.4, 0.5) is 0 Å². The zero-order valence-electron chi connectivity index (χ0n) is 29.9. The van der Waals surface area contributed by atoms with E-state index in [1.54, 1.807) is 11.0 Å². The maximum Gasteiger partial charge on any atom is 0.259 e. The zero-order chi connectivity index (χ0) is 36.3. The van der Waals surface area contributed by atoms with E-state index in [0.29, 0.717) is 26.0 Å². The van der Waals surface area contributed by atoms with Crippen LogP contribution in [0.1, 0.15) is 88.2 Å². The highest BCUT2D eigenvalue weighted by Gasteiger charge is 2.62. The molecule has 3 aliphatic carbocycles. The van der Waals surface area contributed by atoms with Crippen molar-refractivity contribution < 1.29 is 27.5 Å². The van der Waals surface area contributed by atoms with Crippen LogP contribution in [0.2, 0.25) is 0 Å². The summed E-state index contributed by atoms with van der Waals surface area (Å²) in [6, 6.07) is 15.4. The summed E-state index contributed by atoms with van der Waals surface area (Å²) in [5.41, 5.74) is 2.91. The summed E-state index contributed by atoms with van der Waals surface area (Å²) in [6.07, 6.45) is 15.1. The largest absolute Gasteiger partial charge is 0.372 e. The molecule has 1 unspecified atom stereocenters. The third kappa shape index (κ3) is 8.21. The Morgan fingerprint density at radius 2 is 1.75 bits per heavy atom. The van der Waals surface area contributed by atoms with E-state index in [9.17, 15) is 22.8 Å². The van der Waals surface area contributed by atoms with Crippen molar-refractivity contribution in [2.75, 3.05) is 13.1 Å². The Balaban J connectivity index is 1.15. The molecular weight excluding hydrogens is 677 g/mol. The number of carbonyl (C=O) groups excluding carboxylic acids is 3. The summed E-state index contributed by atoms with van der Waals surface area (Å²) in [5, 5.41) is 5.96. The molecule has 5 atom stereocenters. The van der Waals surface area contributed by atoms with E-state index in [1.165, 1.54) is 0 Å². The van der Waals surface area contributed by atoms with Crippen molar-refractivity contribution in [3.05, 3.63) is 78.4 Å². The molecule has 5 aliphatic rings. The molecule has 7 rings (SSSR count). The minimum Gasteiger partial charge on any atom is -0.372 e. The van der Waals surface area contributed by atoms with Crippen molar-refractivity contribution in [1.82, 2.24) is 20.3 Å². The van der Waals surface area contributed by atoms with E-state index in [2.05, 4.69) is 70.5 Å².